The molecule has 0 unspecified atom stereocenters. The highest BCUT2D eigenvalue weighted by Gasteiger charge is 2.39. The molecule has 1 fully saturated rings. The molecule has 1 aliphatic heterocycles. The minimum atomic E-state index is -5.05. The largest absolute Gasteiger partial charge is 0.479 e. The summed E-state index contributed by atoms with van der Waals surface area (Å²) >= 11 is 0. The molecule has 1 rings (SSSR count). The maximum atomic E-state index is 12.1. The van der Waals surface area contributed by atoms with Crippen molar-refractivity contribution in [1.29, 1.82) is 0 Å². The number of carbonyl (C=O) groups is 3. The van der Waals surface area contributed by atoms with E-state index < -0.39 is 36.0 Å². The van der Waals surface area contributed by atoms with Gasteiger partial charge in [0.15, 0.2) is 11.7 Å². The van der Waals surface area contributed by atoms with Crippen molar-refractivity contribution >= 4 is 17.5 Å². The Morgan fingerprint density at radius 1 is 1.44 bits per heavy atom. The number of carbonyl (C=O) groups excluding carboxylic acids is 3. The molecule has 0 aliphatic carbocycles. The lowest BCUT2D eigenvalue weighted by Gasteiger charge is -2.18. The van der Waals surface area contributed by atoms with Gasteiger partial charge in [-0.3, -0.25) is 19.3 Å². The van der Waals surface area contributed by atoms with Crippen LogP contribution in [0.1, 0.15) is 13.3 Å². The number of likely N-dealkylation sites (tertiary alicyclic amines) is 1. The Kier molecular flexibility index (Phi) is 4.10. The zero-order valence-corrected chi connectivity index (χ0v) is 9.41. The molecule has 18 heavy (non-hydrogen) atoms. The van der Waals surface area contributed by atoms with Gasteiger partial charge in [-0.2, -0.15) is 13.2 Å². The summed E-state index contributed by atoms with van der Waals surface area (Å²) in [7, 11) is 0. The average molecular weight is 265 g/mol. The van der Waals surface area contributed by atoms with E-state index in [0.717, 1.165) is 4.90 Å². The third-order valence-corrected chi connectivity index (χ3v) is 2.08. The van der Waals surface area contributed by atoms with Gasteiger partial charge in [-0.25, -0.2) is 0 Å². The zero-order valence-electron chi connectivity index (χ0n) is 9.41. The minimum Gasteiger partial charge on any atom is -0.479 e. The third kappa shape index (κ3) is 3.31. The van der Waals surface area contributed by atoms with Gasteiger partial charge in [0.25, 0.3) is 5.78 Å². The van der Waals surface area contributed by atoms with Gasteiger partial charge in [-0.1, -0.05) is 0 Å². The van der Waals surface area contributed by atoms with E-state index in [2.05, 4.69) is 0 Å². The summed E-state index contributed by atoms with van der Waals surface area (Å²) in [5.74, 6) is -3.81. The highest BCUT2D eigenvalue weighted by atomic mass is 19.4. The molecule has 0 saturated carbocycles. The summed E-state index contributed by atoms with van der Waals surface area (Å²) in [4.78, 5) is 33.8. The second-order valence-corrected chi connectivity index (χ2v) is 3.47. The summed E-state index contributed by atoms with van der Waals surface area (Å²) in [5, 5.41) is 0. The quantitative estimate of drug-likeness (QED) is 0.428. The van der Waals surface area contributed by atoms with Crippen molar-refractivity contribution < 1.29 is 32.3 Å². The summed E-state index contributed by atoms with van der Waals surface area (Å²) in [6, 6.07) is 0. The third-order valence-electron chi connectivity index (χ3n) is 2.08. The van der Waals surface area contributed by atoms with Gasteiger partial charge in [0, 0.05) is 0 Å². The first-order valence-electron chi connectivity index (χ1n) is 5.03. The summed E-state index contributed by atoms with van der Waals surface area (Å²) in [6.45, 7) is 1.07. The Morgan fingerprint density at radius 3 is 2.44 bits per heavy atom. The van der Waals surface area contributed by atoms with Crippen molar-refractivity contribution in [3.05, 3.63) is 12.0 Å². The van der Waals surface area contributed by atoms with Crippen molar-refractivity contribution in [3.63, 3.8) is 0 Å². The van der Waals surface area contributed by atoms with Gasteiger partial charge in [0.05, 0.1) is 25.6 Å². The smallest absolute Gasteiger partial charge is 0.454 e. The molecule has 1 saturated heterocycles. The van der Waals surface area contributed by atoms with E-state index in [-0.39, 0.29) is 19.2 Å². The Hall–Kier alpha value is -1.86. The Labute approximate surface area is 100 Å². The average Bonchev–Trinajstić information content (AvgIpc) is 2.55. The second kappa shape index (κ2) is 5.19. The van der Waals surface area contributed by atoms with Crippen molar-refractivity contribution in [3.8, 4) is 0 Å². The molecule has 0 bridgehead atoms. The van der Waals surface area contributed by atoms with Gasteiger partial charge in [-0.15, -0.1) is 0 Å². The number of alkyl halides is 3. The molecule has 1 amide bonds. The lowest BCUT2D eigenvalue weighted by Crippen LogP contribution is -2.29. The van der Waals surface area contributed by atoms with Gasteiger partial charge in [0.2, 0.25) is 5.91 Å². The lowest BCUT2D eigenvalue weighted by molar-refractivity contribution is -0.165. The minimum absolute atomic E-state index is 0.0328. The van der Waals surface area contributed by atoms with Crippen LogP contribution in [0.15, 0.2) is 12.0 Å². The highest BCUT2D eigenvalue weighted by Crippen LogP contribution is 2.20. The fourth-order valence-corrected chi connectivity index (χ4v) is 1.32. The van der Waals surface area contributed by atoms with Crippen LogP contribution in [0, 0.1) is 0 Å². The first-order chi connectivity index (χ1) is 8.25. The standard InChI is InChI=1S/C10H10F3NO4/c1-2-18-9(4-7(16)10(11,12)13)14-5-6(15)3-8(14)17/h4H,2-3,5H2,1H3. The summed E-state index contributed by atoms with van der Waals surface area (Å²) < 4.78 is 41.1. The Morgan fingerprint density at radius 2 is 2.06 bits per heavy atom. The number of hydrogen-bond donors (Lipinski definition) is 0. The van der Waals surface area contributed by atoms with Gasteiger partial charge in [-0.05, 0) is 6.92 Å². The molecule has 0 radical (unpaired) electrons. The number of nitrogens with zero attached hydrogens (tertiary/aromatic N) is 1. The molecule has 100 valence electrons. The molecular formula is C10H10F3NO4. The van der Waals surface area contributed by atoms with Crippen LogP contribution in [0.4, 0.5) is 13.2 Å². The number of ether oxygens (including phenoxy) is 1. The van der Waals surface area contributed by atoms with E-state index in [9.17, 15) is 27.6 Å². The van der Waals surface area contributed by atoms with Crippen LogP contribution in [0.2, 0.25) is 0 Å². The number of allylic oxidation sites excluding steroid dienone is 1. The van der Waals surface area contributed by atoms with E-state index in [1.165, 1.54) is 6.92 Å². The maximum absolute atomic E-state index is 12.1. The van der Waals surface area contributed by atoms with E-state index in [1.54, 1.807) is 0 Å². The van der Waals surface area contributed by atoms with Crippen LogP contribution in [-0.4, -0.2) is 41.7 Å². The van der Waals surface area contributed by atoms with E-state index in [0.29, 0.717) is 0 Å². The molecule has 0 aromatic carbocycles. The Bertz CT molecular complexity index is 414. The molecule has 0 aromatic rings. The van der Waals surface area contributed by atoms with Gasteiger partial charge < -0.3 is 4.74 Å². The van der Waals surface area contributed by atoms with Crippen LogP contribution < -0.4 is 0 Å². The van der Waals surface area contributed by atoms with Crippen LogP contribution in [-0.2, 0) is 19.1 Å². The first-order valence-corrected chi connectivity index (χ1v) is 5.03. The van der Waals surface area contributed by atoms with Crippen molar-refractivity contribution in [2.24, 2.45) is 0 Å². The molecule has 0 spiro atoms. The van der Waals surface area contributed by atoms with E-state index >= 15 is 0 Å². The molecule has 8 heteroatoms. The predicted molar refractivity (Wildman–Crippen MR) is 52.1 cm³/mol. The monoisotopic (exact) mass is 265 g/mol. The summed E-state index contributed by atoms with van der Waals surface area (Å²) in [6.07, 6.45) is -5.26. The van der Waals surface area contributed by atoms with E-state index in [1.807, 2.05) is 0 Å². The van der Waals surface area contributed by atoms with Gasteiger partial charge in [0.1, 0.15) is 0 Å². The van der Waals surface area contributed by atoms with Crippen molar-refractivity contribution in [2.45, 2.75) is 19.5 Å². The SMILES string of the molecule is CCOC(=CC(=O)C(F)(F)F)N1CC(=O)CC1=O. The highest BCUT2D eigenvalue weighted by molar-refractivity contribution is 6.06. The Balaban J connectivity index is 2.96. The molecule has 0 aromatic heterocycles. The second-order valence-electron chi connectivity index (χ2n) is 3.47. The molecule has 0 atom stereocenters. The fraction of sp³-hybridized carbons (Fsp3) is 0.500. The topological polar surface area (TPSA) is 63.7 Å². The summed E-state index contributed by atoms with van der Waals surface area (Å²) in [5.41, 5.74) is 0. The van der Waals surface area contributed by atoms with Crippen molar-refractivity contribution in [1.82, 2.24) is 4.90 Å². The molecule has 1 heterocycles. The number of rotatable bonds is 4. The predicted octanol–water partition coefficient (Wildman–Crippen LogP) is 0.797. The molecule has 5 nitrogen and oxygen atoms in total. The normalized spacial score (nSPS) is 17.3. The number of hydrogen-bond acceptors (Lipinski definition) is 4. The molecule has 1 aliphatic rings. The number of Topliss-reactive ketones (excluding diaryl/α,β-unsaturated/α-hetero) is 1. The van der Waals surface area contributed by atoms with Crippen LogP contribution >= 0.6 is 0 Å². The number of ketones is 2. The molecular weight excluding hydrogens is 255 g/mol. The first kappa shape index (κ1) is 14.2. The molecule has 0 N–H and O–H groups in total. The maximum Gasteiger partial charge on any atom is 0.454 e. The van der Waals surface area contributed by atoms with Gasteiger partial charge >= 0.3 is 6.18 Å². The van der Waals surface area contributed by atoms with Crippen LogP contribution in [0.25, 0.3) is 0 Å². The number of amides is 1. The number of halogens is 3. The lowest BCUT2D eigenvalue weighted by atomic mass is 10.3. The van der Waals surface area contributed by atoms with Crippen LogP contribution in [0.5, 0.6) is 0 Å². The van der Waals surface area contributed by atoms with E-state index in [4.69, 9.17) is 4.74 Å². The fourth-order valence-electron chi connectivity index (χ4n) is 1.32. The van der Waals surface area contributed by atoms with Crippen LogP contribution in [0.3, 0.4) is 0 Å². The van der Waals surface area contributed by atoms with Crippen molar-refractivity contribution in [2.75, 3.05) is 13.2 Å². The zero-order chi connectivity index (χ0) is 13.9.